The Balaban J connectivity index is 1.32. The smallest absolute Gasteiger partial charge is 0.227 e. The first-order valence-electron chi connectivity index (χ1n) is 11.4. The Morgan fingerprint density at radius 2 is 1.97 bits per heavy atom. The van der Waals surface area contributed by atoms with Gasteiger partial charge in [0.1, 0.15) is 16.9 Å². The summed E-state index contributed by atoms with van der Waals surface area (Å²) in [6.45, 7) is 0. The first-order chi connectivity index (χ1) is 18.0. The average molecular weight is 515 g/mol. The van der Waals surface area contributed by atoms with Gasteiger partial charge in [-0.15, -0.1) is 11.3 Å². The van der Waals surface area contributed by atoms with Crippen molar-refractivity contribution in [2.24, 2.45) is 5.92 Å². The van der Waals surface area contributed by atoms with Gasteiger partial charge in [0.05, 0.1) is 29.0 Å². The van der Waals surface area contributed by atoms with Crippen molar-refractivity contribution < 1.29 is 13.6 Å². The third-order valence-electron chi connectivity index (χ3n) is 6.22. The lowest BCUT2D eigenvalue weighted by molar-refractivity contribution is -0.117. The summed E-state index contributed by atoms with van der Waals surface area (Å²) in [5.41, 5.74) is 3.29. The van der Waals surface area contributed by atoms with Crippen molar-refractivity contribution in [2.75, 3.05) is 5.32 Å². The van der Waals surface area contributed by atoms with Crippen molar-refractivity contribution in [3.8, 4) is 33.2 Å². The molecule has 9 nitrogen and oxygen atoms in total. The molecule has 0 radical (unpaired) electrons. The van der Waals surface area contributed by atoms with E-state index in [1.54, 1.807) is 24.4 Å². The topological polar surface area (TPSA) is 125 Å². The number of thiophene rings is 1. The lowest BCUT2D eigenvalue weighted by atomic mass is 10.1. The van der Waals surface area contributed by atoms with Gasteiger partial charge in [0.25, 0.3) is 0 Å². The quantitative estimate of drug-likeness (QED) is 0.286. The summed E-state index contributed by atoms with van der Waals surface area (Å²) in [5, 5.41) is 9.81. The van der Waals surface area contributed by atoms with Gasteiger partial charge < -0.3 is 10.3 Å². The molecule has 182 valence electrons. The highest BCUT2D eigenvalue weighted by Gasteiger charge is 2.29. The molecular formula is C25H16F2N8OS. The van der Waals surface area contributed by atoms with E-state index in [1.807, 2.05) is 0 Å². The Morgan fingerprint density at radius 1 is 1.08 bits per heavy atom. The summed E-state index contributed by atoms with van der Waals surface area (Å²) in [5.74, 6) is -0.343. The number of fused-ring (bicyclic) bond motifs is 2. The number of hydrogen-bond acceptors (Lipinski definition) is 7. The highest BCUT2D eigenvalue weighted by molar-refractivity contribution is 7.14. The molecule has 1 aliphatic carbocycles. The minimum absolute atomic E-state index is 0.0287. The molecule has 0 aromatic carbocycles. The van der Waals surface area contributed by atoms with Crippen molar-refractivity contribution in [3.05, 3.63) is 60.0 Å². The second-order valence-electron chi connectivity index (χ2n) is 8.75. The molecule has 0 saturated heterocycles. The zero-order valence-electron chi connectivity index (χ0n) is 18.9. The Labute approximate surface area is 211 Å². The number of anilines is 1. The number of pyridine rings is 3. The molecule has 6 aromatic heterocycles. The summed E-state index contributed by atoms with van der Waals surface area (Å²) in [4.78, 5) is 33.3. The molecule has 0 aliphatic heterocycles. The summed E-state index contributed by atoms with van der Waals surface area (Å²) in [6.07, 6.45) is 7.84. The molecule has 0 unspecified atom stereocenters. The third-order valence-corrected chi connectivity index (χ3v) is 7.13. The lowest BCUT2D eigenvalue weighted by Gasteiger charge is -2.07. The van der Waals surface area contributed by atoms with Crippen molar-refractivity contribution in [1.29, 1.82) is 0 Å². The van der Waals surface area contributed by atoms with Crippen LogP contribution in [0.4, 0.5) is 14.5 Å². The number of carbonyl (C=O) groups is 1. The van der Waals surface area contributed by atoms with Crippen LogP contribution in [0.25, 0.3) is 55.3 Å². The normalized spacial score (nSPS) is 13.5. The van der Waals surface area contributed by atoms with E-state index in [1.165, 1.54) is 24.7 Å². The number of rotatable bonds is 5. The van der Waals surface area contributed by atoms with Gasteiger partial charge in [-0.2, -0.15) is 9.49 Å². The molecule has 0 spiro atoms. The van der Waals surface area contributed by atoms with Crippen molar-refractivity contribution in [2.45, 2.75) is 12.8 Å². The van der Waals surface area contributed by atoms with Crippen molar-refractivity contribution >= 4 is 45.0 Å². The molecule has 0 atom stereocenters. The Bertz CT molecular complexity index is 1840. The summed E-state index contributed by atoms with van der Waals surface area (Å²) in [7, 11) is 0. The maximum Gasteiger partial charge on any atom is 0.227 e. The van der Waals surface area contributed by atoms with Crippen LogP contribution in [0.2, 0.25) is 0 Å². The van der Waals surface area contributed by atoms with Gasteiger partial charge >= 0.3 is 0 Å². The molecular weight excluding hydrogens is 498 g/mol. The minimum Gasteiger partial charge on any atom is -0.324 e. The number of hydrogen-bond donors (Lipinski definition) is 3. The molecule has 12 heteroatoms. The third kappa shape index (κ3) is 3.73. The number of amides is 1. The van der Waals surface area contributed by atoms with Crippen LogP contribution in [0.3, 0.4) is 0 Å². The van der Waals surface area contributed by atoms with Gasteiger partial charge in [0.15, 0.2) is 22.4 Å². The van der Waals surface area contributed by atoms with E-state index in [2.05, 4.69) is 40.4 Å². The van der Waals surface area contributed by atoms with Crippen LogP contribution < -0.4 is 5.32 Å². The standard InChI is InChI=1S/C25H16F2N8OS/c26-17-4-3-16(37-17)14-5-6-29-23-21(14)32-24(33-23)22-18-15(34-35-22)10-30-20(19(18)27)12-7-13(9-28-8-12)31-25(36)11-1-2-11/h3-11H,1-2H2,(H,31,36)(H,34,35)(H,29,32,33). The number of imidazole rings is 1. The van der Waals surface area contributed by atoms with Gasteiger partial charge in [0, 0.05) is 34.3 Å². The molecule has 6 aromatic rings. The Morgan fingerprint density at radius 3 is 2.78 bits per heavy atom. The van der Waals surface area contributed by atoms with Crippen LogP contribution in [0.1, 0.15) is 12.8 Å². The van der Waals surface area contributed by atoms with E-state index in [0.717, 1.165) is 24.2 Å². The zero-order valence-corrected chi connectivity index (χ0v) is 19.7. The summed E-state index contributed by atoms with van der Waals surface area (Å²) in [6, 6.07) is 6.47. The van der Waals surface area contributed by atoms with E-state index < -0.39 is 5.82 Å². The van der Waals surface area contributed by atoms with E-state index in [9.17, 15) is 9.18 Å². The molecule has 1 amide bonds. The van der Waals surface area contributed by atoms with E-state index >= 15 is 4.39 Å². The van der Waals surface area contributed by atoms with Crippen LogP contribution >= 0.6 is 11.3 Å². The number of nitrogens with zero attached hydrogens (tertiary/aromatic N) is 5. The number of aromatic amines is 2. The van der Waals surface area contributed by atoms with Gasteiger partial charge in [-0.3, -0.25) is 19.9 Å². The maximum absolute atomic E-state index is 15.9. The molecule has 7 rings (SSSR count). The predicted octanol–water partition coefficient (Wildman–Crippen LogP) is 5.31. The second kappa shape index (κ2) is 8.23. The number of nitrogens with one attached hydrogen (secondary N) is 3. The van der Waals surface area contributed by atoms with Crippen LogP contribution in [0.15, 0.2) is 49.1 Å². The lowest BCUT2D eigenvalue weighted by Crippen LogP contribution is -2.13. The summed E-state index contributed by atoms with van der Waals surface area (Å²) < 4.78 is 29.6. The van der Waals surface area contributed by atoms with Gasteiger partial charge in [-0.1, -0.05) is 0 Å². The van der Waals surface area contributed by atoms with Crippen LogP contribution in [0.5, 0.6) is 0 Å². The first-order valence-corrected chi connectivity index (χ1v) is 12.3. The SMILES string of the molecule is O=C(Nc1cncc(-c2ncc3[nH]nc(-c4nc5c(-c6ccc(F)s6)ccnc5[nH]4)c3c2F)c1)C1CC1. The van der Waals surface area contributed by atoms with Crippen LogP contribution in [-0.4, -0.2) is 41.0 Å². The van der Waals surface area contributed by atoms with Crippen LogP contribution in [0, 0.1) is 16.9 Å². The van der Waals surface area contributed by atoms with E-state index in [0.29, 0.717) is 44.2 Å². The van der Waals surface area contributed by atoms with Gasteiger partial charge in [0.2, 0.25) is 5.91 Å². The number of halogens is 2. The van der Waals surface area contributed by atoms with E-state index in [4.69, 9.17) is 0 Å². The fourth-order valence-corrected chi connectivity index (χ4v) is 5.01. The maximum atomic E-state index is 15.9. The average Bonchev–Trinajstić information content (AvgIpc) is 3.29. The van der Waals surface area contributed by atoms with Crippen LogP contribution in [-0.2, 0) is 4.79 Å². The monoisotopic (exact) mass is 514 g/mol. The van der Waals surface area contributed by atoms with Gasteiger partial charge in [-0.25, -0.2) is 14.4 Å². The summed E-state index contributed by atoms with van der Waals surface area (Å²) >= 11 is 1.01. The zero-order chi connectivity index (χ0) is 25.1. The largest absolute Gasteiger partial charge is 0.324 e. The number of aromatic nitrogens is 7. The number of carbonyl (C=O) groups excluding carboxylic acids is 1. The molecule has 37 heavy (non-hydrogen) atoms. The molecule has 6 heterocycles. The Kier molecular flexibility index (Phi) is 4.83. The highest BCUT2D eigenvalue weighted by atomic mass is 32.1. The van der Waals surface area contributed by atoms with Gasteiger partial charge in [-0.05, 0) is 37.1 Å². The number of H-pyrrole nitrogens is 2. The van der Waals surface area contributed by atoms with E-state index in [-0.39, 0.29) is 33.7 Å². The fourth-order valence-electron chi connectivity index (χ4n) is 4.26. The first kappa shape index (κ1) is 21.7. The second-order valence-corrected chi connectivity index (χ2v) is 9.79. The van der Waals surface area contributed by atoms with Crippen molar-refractivity contribution in [1.82, 2.24) is 35.1 Å². The van der Waals surface area contributed by atoms with Crippen molar-refractivity contribution in [3.63, 3.8) is 0 Å². The fraction of sp³-hybridized carbons (Fsp3) is 0.120. The molecule has 0 bridgehead atoms. The molecule has 1 aliphatic rings. The Hall–Kier alpha value is -4.58. The molecule has 3 N–H and O–H groups in total. The molecule has 1 saturated carbocycles. The highest BCUT2D eigenvalue weighted by Crippen LogP contribution is 2.36. The minimum atomic E-state index is -0.609. The predicted molar refractivity (Wildman–Crippen MR) is 135 cm³/mol. The molecule has 1 fully saturated rings.